The topological polar surface area (TPSA) is 75.3 Å². The molecule has 2 aliphatic rings. The molecule has 1 saturated heterocycles. The highest BCUT2D eigenvalue weighted by Gasteiger charge is 2.47. The molecular formula is C22H18FN3O3. The number of nitrogens with zero attached hydrogens (tertiary/aromatic N) is 2. The fraction of sp³-hybridized carbons (Fsp3) is 0.227. The van der Waals surface area contributed by atoms with Crippen molar-refractivity contribution >= 4 is 11.7 Å². The summed E-state index contributed by atoms with van der Waals surface area (Å²) in [5, 5.41) is 6.80. The maximum atomic E-state index is 14.0. The van der Waals surface area contributed by atoms with Gasteiger partial charge in [-0.1, -0.05) is 24.3 Å². The van der Waals surface area contributed by atoms with E-state index in [1.807, 2.05) is 12.1 Å². The number of nitrogens with one attached hydrogen (secondary N) is 1. The van der Waals surface area contributed by atoms with Crippen molar-refractivity contribution < 1.29 is 18.7 Å². The maximum absolute atomic E-state index is 14.0. The molecule has 0 aliphatic carbocycles. The summed E-state index contributed by atoms with van der Waals surface area (Å²) >= 11 is 0. The number of hydrogen-bond donors (Lipinski definition) is 1. The minimum atomic E-state index is -0.699. The molecule has 2 aliphatic heterocycles. The van der Waals surface area contributed by atoms with E-state index in [0.29, 0.717) is 42.1 Å². The summed E-state index contributed by atoms with van der Waals surface area (Å²) in [5.41, 5.74) is 0.876. The van der Waals surface area contributed by atoms with Gasteiger partial charge < -0.3 is 9.64 Å². The summed E-state index contributed by atoms with van der Waals surface area (Å²) in [4.78, 5) is 27.2. The van der Waals surface area contributed by atoms with Crippen LogP contribution in [0.5, 0.6) is 5.75 Å². The zero-order chi connectivity index (χ0) is 20.0. The molecule has 2 aromatic carbocycles. The Balaban J connectivity index is 1.36. The SMILES string of the molecule is O=C1CC2(CCN(C(=O)c3cc(-c4ccccc4F)n[nH]3)C2)Oc2ccccc21. The van der Waals surface area contributed by atoms with Crippen molar-refractivity contribution in [2.24, 2.45) is 0 Å². The van der Waals surface area contributed by atoms with Crippen LogP contribution in [0.3, 0.4) is 0 Å². The van der Waals surface area contributed by atoms with E-state index in [0.717, 1.165) is 0 Å². The van der Waals surface area contributed by atoms with Gasteiger partial charge in [-0.05, 0) is 30.3 Å². The van der Waals surface area contributed by atoms with E-state index in [9.17, 15) is 14.0 Å². The first-order chi connectivity index (χ1) is 14.0. The summed E-state index contributed by atoms with van der Waals surface area (Å²) in [7, 11) is 0. The summed E-state index contributed by atoms with van der Waals surface area (Å²) in [5.74, 6) is -0.0382. The number of aromatic amines is 1. The number of ketones is 1. The second kappa shape index (κ2) is 6.55. The van der Waals surface area contributed by atoms with Crippen LogP contribution in [0, 0.1) is 5.82 Å². The average Bonchev–Trinajstić information content (AvgIpc) is 3.36. The highest BCUT2D eigenvalue weighted by molar-refractivity contribution is 6.00. The Morgan fingerprint density at radius 2 is 1.90 bits per heavy atom. The Kier molecular flexibility index (Phi) is 3.97. The fourth-order valence-corrected chi connectivity index (χ4v) is 4.10. The molecule has 1 spiro atoms. The number of carbonyl (C=O) groups is 2. The number of Topliss-reactive ketones (excluding diaryl/α,β-unsaturated/α-hetero) is 1. The number of carbonyl (C=O) groups excluding carboxylic acids is 2. The Bertz CT molecular complexity index is 1130. The molecule has 0 bridgehead atoms. The molecule has 0 saturated carbocycles. The molecular weight excluding hydrogens is 373 g/mol. The van der Waals surface area contributed by atoms with E-state index in [1.165, 1.54) is 6.07 Å². The minimum absolute atomic E-state index is 0.0320. The Labute approximate surface area is 166 Å². The average molecular weight is 391 g/mol. The molecule has 3 heterocycles. The standard InChI is InChI=1S/C22H18FN3O3/c23-16-7-3-1-5-14(16)17-11-18(25-24-17)21(28)26-10-9-22(13-26)12-19(27)15-6-2-4-8-20(15)29-22/h1-8,11H,9-10,12-13H2,(H,24,25). The highest BCUT2D eigenvalue weighted by Crippen LogP contribution is 2.39. The van der Waals surface area contributed by atoms with Crippen molar-refractivity contribution in [3.63, 3.8) is 0 Å². The van der Waals surface area contributed by atoms with Gasteiger partial charge in [0.2, 0.25) is 0 Å². The molecule has 7 heteroatoms. The molecule has 0 radical (unpaired) electrons. The second-order valence-corrected chi connectivity index (χ2v) is 7.50. The van der Waals surface area contributed by atoms with Crippen LogP contribution in [-0.2, 0) is 0 Å². The van der Waals surface area contributed by atoms with Crippen LogP contribution in [-0.4, -0.2) is 45.5 Å². The maximum Gasteiger partial charge on any atom is 0.272 e. The van der Waals surface area contributed by atoms with Gasteiger partial charge >= 0.3 is 0 Å². The zero-order valence-corrected chi connectivity index (χ0v) is 15.5. The van der Waals surface area contributed by atoms with Crippen LogP contribution in [0.15, 0.2) is 54.6 Å². The van der Waals surface area contributed by atoms with Gasteiger partial charge in [-0.2, -0.15) is 5.10 Å². The first-order valence-electron chi connectivity index (χ1n) is 9.46. The quantitative estimate of drug-likeness (QED) is 0.726. The lowest BCUT2D eigenvalue weighted by atomic mass is 9.89. The van der Waals surface area contributed by atoms with Crippen LogP contribution in [0.2, 0.25) is 0 Å². The number of benzene rings is 2. The van der Waals surface area contributed by atoms with Gasteiger partial charge in [-0.3, -0.25) is 14.7 Å². The molecule has 3 aromatic rings. The van der Waals surface area contributed by atoms with Gasteiger partial charge in [0.05, 0.1) is 24.2 Å². The number of para-hydroxylation sites is 1. The third-order valence-electron chi connectivity index (χ3n) is 5.56. The number of aromatic nitrogens is 2. The van der Waals surface area contributed by atoms with E-state index in [-0.39, 0.29) is 23.8 Å². The van der Waals surface area contributed by atoms with E-state index in [1.54, 1.807) is 41.3 Å². The number of amides is 1. The first kappa shape index (κ1) is 17.6. The third kappa shape index (κ3) is 2.99. The van der Waals surface area contributed by atoms with Crippen LogP contribution >= 0.6 is 0 Å². The number of hydrogen-bond acceptors (Lipinski definition) is 4. The Hall–Kier alpha value is -3.48. The van der Waals surface area contributed by atoms with Crippen LogP contribution in [0.25, 0.3) is 11.3 Å². The molecule has 6 nitrogen and oxygen atoms in total. The molecule has 1 aromatic heterocycles. The van der Waals surface area contributed by atoms with E-state index < -0.39 is 11.4 Å². The lowest BCUT2D eigenvalue weighted by Gasteiger charge is -2.34. The molecule has 1 unspecified atom stereocenters. The molecule has 29 heavy (non-hydrogen) atoms. The predicted molar refractivity (Wildman–Crippen MR) is 103 cm³/mol. The Morgan fingerprint density at radius 1 is 1.14 bits per heavy atom. The normalized spacial score (nSPS) is 20.6. The van der Waals surface area contributed by atoms with Crippen LogP contribution in [0.1, 0.15) is 33.7 Å². The largest absolute Gasteiger partial charge is 0.484 e. The second-order valence-electron chi connectivity index (χ2n) is 7.50. The zero-order valence-electron chi connectivity index (χ0n) is 15.5. The van der Waals surface area contributed by atoms with Gasteiger partial charge in [-0.25, -0.2) is 4.39 Å². The summed E-state index contributed by atoms with van der Waals surface area (Å²) in [6.45, 7) is 0.794. The van der Waals surface area contributed by atoms with Gasteiger partial charge in [0.1, 0.15) is 22.9 Å². The number of likely N-dealkylation sites (tertiary alicyclic amines) is 1. The van der Waals surface area contributed by atoms with E-state index >= 15 is 0 Å². The Morgan fingerprint density at radius 3 is 2.72 bits per heavy atom. The molecule has 1 N–H and O–H groups in total. The first-order valence-corrected chi connectivity index (χ1v) is 9.46. The summed E-state index contributed by atoms with van der Waals surface area (Å²) in [6, 6.07) is 15.0. The van der Waals surface area contributed by atoms with Crippen molar-refractivity contribution in [3.8, 4) is 17.0 Å². The number of H-pyrrole nitrogens is 1. The molecule has 1 atom stereocenters. The van der Waals surface area contributed by atoms with Crippen molar-refractivity contribution in [1.29, 1.82) is 0 Å². The van der Waals surface area contributed by atoms with Crippen molar-refractivity contribution in [1.82, 2.24) is 15.1 Å². The molecule has 1 fully saturated rings. The van der Waals surface area contributed by atoms with Crippen molar-refractivity contribution in [2.45, 2.75) is 18.4 Å². The minimum Gasteiger partial charge on any atom is -0.484 e. The van der Waals surface area contributed by atoms with Gasteiger partial charge in [-0.15, -0.1) is 0 Å². The van der Waals surface area contributed by atoms with Gasteiger partial charge in [0, 0.05) is 18.5 Å². The monoisotopic (exact) mass is 391 g/mol. The van der Waals surface area contributed by atoms with E-state index in [2.05, 4.69) is 10.2 Å². The van der Waals surface area contributed by atoms with Gasteiger partial charge in [0.15, 0.2) is 5.78 Å². The van der Waals surface area contributed by atoms with E-state index in [4.69, 9.17) is 4.74 Å². The number of rotatable bonds is 2. The molecule has 5 rings (SSSR count). The smallest absolute Gasteiger partial charge is 0.272 e. The number of fused-ring (bicyclic) bond motifs is 1. The van der Waals surface area contributed by atoms with Gasteiger partial charge in [0.25, 0.3) is 5.91 Å². The molecule has 146 valence electrons. The number of ether oxygens (including phenoxy) is 1. The number of halogens is 1. The lowest BCUT2D eigenvalue weighted by molar-refractivity contribution is 0.0427. The molecule has 1 amide bonds. The highest BCUT2D eigenvalue weighted by atomic mass is 19.1. The third-order valence-corrected chi connectivity index (χ3v) is 5.56. The van der Waals surface area contributed by atoms with Crippen LogP contribution in [0.4, 0.5) is 4.39 Å². The van der Waals surface area contributed by atoms with Crippen molar-refractivity contribution in [3.05, 3.63) is 71.7 Å². The van der Waals surface area contributed by atoms with Crippen molar-refractivity contribution in [2.75, 3.05) is 13.1 Å². The van der Waals surface area contributed by atoms with Crippen LogP contribution < -0.4 is 4.74 Å². The fourth-order valence-electron chi connectivity index (χ4n) is 4.10. The lowest BCUT2D eigenvalue weighted by Crippen LogP contribution is -2.45. The predicted octanol–water partition coefficient (Wildman–Crippen LogP) is 3.47. The summed E-state index contributed by atoms with van der Waals surface area (Å²) < 4.78 is 20.2. The summed E-state index contributed by atoms with van der Waals surface area (Å²) in [6.07, 6.45) is 0.824.